The molecule has 1 aromatic carbocycles. The molecule has 1 atom stereocenters. The van der Waals surface area contributed by atoms with Crippen LogP contribution < -0.4 is 20.5 Å². The van der Waals surface area contributed by atoms with E-state index in [1.165, 1.54) is 11.3 Å². The third-order valence-corrected chi connectivity index (χ3v) is 6.41. The molecular weight excluding hydrogens is 448 g/mol. The molecule has 0 saturated carbocycles. The minimum atomic E-state index is -0.545. The third kappa shape index (κ3) is 4.57. The van der Waals surface area contributed by atoms with Crippen molar-refractivity contribution in [1.29, 1.82) is 0 Å². The highest BCUT2D eigenvalue weighted by molar-refractivity contribution is 7.17. The Morgan fingerprint density at radius 2 is 2.16 bits per heavy atom. The standard InChI is InChI=1S/C23H23ClN4O3S/c1-14(16-7-6-15(11-17(16)24)30-10-8-26-2)31-19-12-20(32-22(19)23(25)29)18-13-27-21-5-3-4-9-28(18)21/h3-7,9,11-14,26H,8,10H2,1-2H3,(H2,25,29)/t14-/m1/s1. The van der Waals surface area contributed by atoms with E-state index in [1.807, 2.05) is 61.0 Å². The summed E-state index contributed by atoms with van der Waals surface area (Å²) in [5, 5.41) is 3.55. The summed E-state index contributed by atoms with van der Waals surface area (Å²) < 4.78 is 13.8. The van der Waals surface area contributed by atoms with Gasteiger partial charge in [-0.05, 0) is 38.2 Å². The molecule has 3 aromatic heterocycles. The number of ether oxygens (including phenoxy) is 2. The minimum absolute atomic E-state index is 0.348. The highest BCUT2D eigenvalue weighted by Gasteiger charge is 2.21. The predicted molar refractivity (Wildman–Crippen MR) is 127 cm³/mol. The molecule has 32 heavy (non-hydrogen) atoms. The van der Waals surface area contributed by atoms with Crippen molar-refractivity contribution in [2.75, 3.05) is 20.2 Å². The molecule has 1 amide bonds. The topological polar surface area (TPSA) is 90.9 Å². The van der Waals surface area contributed by atoms with Crippen molar-refractivity contribution >= 4 is 34.5 Å². The second-order valence-electron chi connectivity index (χ2n) is 7.14. The Balaban J connectivity index is 1.59. The number of hydrogen-bond acceptors (Lipinski definition) is 6. The van der Waals surface area contributed by atoms with Crippen molar-refractivity contribution in [3.8, 4) is 22.1 Å². The fourth-order valence-corrected chi connectivity index (χ4v) is 4.60. The summed E-state index contributed by atoms with van der Waals surface area (Å²) in [6.07, 6.45) is 3.28. The van der Waals surface area contributed by atoms with Crippen molar-refractivity contribution < 1.29 is 14.3 Å². The average Bonchev–Trinajstić information content (AvgIpc) is 3.38. The molecule has 4 aromatic rings. The van der Waals surface area contributed by atoms with Crippen LogP contribution in [0.5, 0.6) is 11.5 Å². The van der Waals surface area contributed by atoms with Crippen LogP contribution in [0, 0.1) is 0 Å². The molecular formula is C23H23ClN4O3S. The van der Waals surface area contributed by atoms with Gasteiger partial charge < -0.3 is 20.5 Å². The van der Waals surface area contributed by atoms with Crippen LogP contribution in [0.15, 0.2) is 54.9 Å². The van der Waals surface area contributed by atoms with Crippen LogP contribution in [0.2, 0.25) is 5.02 Å². The normalized spacial score (nSPS) is 12.1. The van der Waals surface area contributed by atoms with Crippen LogP contribution in [0.4, 0.5) is 0 Å². The van der Waals surface area contributed by atoms with Crippen LogP contribution in [0.1, 0.15) is 28.3 Å². The highest BCUT2D eigenvalue weighted by Crippen LogP contribution is 2.39. The lowest BCUT2D eigenvalue weighted by molar-refractivity contribution is 0.0998. The van der Waals surface area contributed by atoms with E-state index in [1.54, 1.807) is 12.3 Å². The number of thiophene rings is 1. The van der Waals surface area contributed by atoms with Crippen LogP contribution in [0.3, 0.4) is 0 Å². The summed E-state index contributed by atoms with van der Waals surface area (Å²) in [7, 11) is 1.87. The quantitative estimate of drug-likeness (QED) is 0.350. The zero-order chi connectivity index (χ0) is 22.7. The van der Waals surface area contributed by atoms with E-state index in [2.05, 4.69) is 10.3 Å². The number of hydrogen-bond donors (Lipinski definition) is 2. The van der Waals surface area contributed by atoms with E-state index in [-0.39, 0.29) is 0 Å². The average molecular weight is 471 g/mol. The van der Waals surface area contributed by atoms with E-state index in [0.29, 0.717) is 28.0 Å². The van der Waals surface area contributed by atoms with Crippen molar-refractivity contribution in [3.63, 3.8) is 0 Å². The Morgan fingerprint density at radius 1 is 1.31 bits per heavy atom. The van der Waals surface area contributed by atoms with Crippen molar-refractivity contribution in [1.82, 2.24) is 14.7 Å². The molecule has 0 fully saturated rings. The number of likely N-dealkylation sites (N-methyl/N-ethyl adjacent to an activating group) is 1. The number of nitrogens with two attached hydrogens (primary N) is 1. The summed E-state index contributed by atoms with van der Waals surface area (Å²) in [5.74, 6) is 0.558. The van der Waals surface area contributed by atoms with Gasteiger partial charge in [0.25, 0.3) is 5.91 Å². The second-order valence-corrected chi connectivity index (χ2v) is 8.60. The van der Waals surface area contributed by atoms with Gasteiger partial charge >= 0.3 is 0 Å². The van der Waals surface area contributed by atoms with Gasteiger partial charge in [-0.25, -0.2) is 4.98 Å². The lowest BCUT2D eigenvalue weighted by atomic mass is 10.1. The van der Waals surface area contributed by atoms with E-state index in [9.17, 15) is 4.79 Å². The predicted octanol–water partition coefficient (Wildman–Crippen LogP) is 4.55. The number of rotatable bonds is 9. The monoisotopic (exact) mass is 470 g/mol. The Bertz CT molecular complexity index is 1250. The van der Waals surface area contributed by atoms with Gasteiger partial charge in [-0.1, -0.05) is 23.7 Å². The number of fused-ring (bicyclic) bond motifs is 1. The fraction of sp³-hybridized carbons (Fsp3) is 0.217. The molecule has 3 heterocycles. The number of amides is 1. The zero-order valence-electron chi connectivity index (χ0n) is 17.7. The molecule has 3 N–H and O–H groups in total. The van der Waals surface area contributed by atoms with Gasteiger partial charge in [-0.2, -0.15) is 0 Å². The summed E-state index contributed by atoms with van der Waals surface area (Å²) in [4.78, 5) is 17.7. The Kier molecular flexibility index (Phi) is 6.64. The van der Waals surface area contributed by atoms with Crippen molar-refractivity contribution in [2.24, 2.45) is 5.73 Å². The third-order valence-electron chi connectivity index (χ3n) is 4.93. The Morgan fingerprint density at radius 3 is 2.91 bits per heavy atom. The van der Waals surface area contributed by atoms with Crippen LogP contribution in [-0.2, 0) is 0 Å². The molecule has 0 aliphatic rings. The number of pyridine rings is 1. The zero-order valence-corrected chi connectivity index (χ0v) is 19.2. The number of aromatic nitrogens is 2. The van der Waals surface area contributed by atoms with Gasteiger partial charge in [-0.15, -0.1) is 11.3 Å². The molecule has 4 rings (SSSR count). The fourth-order valence-electron chi connectivity index (χ4n) is 3.33. The molecule has 0 saturated heterocycles. The lowest BCUT2D eigenvalue weighted by Crippen LogP contribution is -2.16. The van der Waals surface area contributed by atoms with Gasteiger partial charge in [0.05, 0.1) is 21.8 Å². The number of primary amides is 1. The number of halogens is 1. The number of carbonyl (C=O) groups excluding carboxylic acids is 1. The molecule has 166 valence electrons. The molecule has 9 heteroatoms. The second kappa shape index (κ2) is 9.60. The molecule has 7 nitrogen and oxygen atoms in total. The van der Waals surface area contributed by atoms with Gasteiger partial charge in [0.2, 0.25) is 0 Å². The molecule has 0 spiro atoms. The van der Waals surface area contributed by atoms with E-state index in [0.717, 1.165) is 28.3 Å². The number of nitrogens with one attached hydrogen (secondary N) is 1. The van der Waals surface area contributed by atoms with Gasteiger partial charge in [0.1, 0.15) is 34.7 Å². The number of nitrogens with zero attached hydrogens (tertiary/aromatic N) is 2. The summed E-state index contributed by atoms with van der Waals surface area (Å²) >= 11 is 7.76. The summed E-state index contributed by atoms with van der Waals surface area (Å²) in [5.41, 5.74) is 8.09. The van der Waals surface area contributed by atoms with Crippen LogP contribution >= 0.6 is 22.9 Å². The smallest absolute Gasteiger partial charge is 0.262 e. The molecule has 0 unspecified atom stereocenters. The number of benzene rings is 1. The summed E-state index contributed by atoms with van der Waals surface area (Å²) in [6.45, 7) is 3.15. The molecule has 0 bridgehead atoms. The lowest BCUT2D eigenvalue weighted by Gasteiger charge is -2.17. The maximum Gasteiger partial charge on any atom is 0.262 e. The van der Waals surface area contributed by atoms with Crippen molar-refractivity contribution in [2.45, 2.75) is 13.0 Å². The first-order chi connectivity index (χ1) is 15.5. The SMILES string of the molecule is CNCCOc1ccc([C@@H](C)Oc2cc(-c3cnc4ccccn34)sc2C(N)=O)c(Cl)c1. The van der Waals surface area contributed by atoms with E-state index < -0.39 is 12.0 Å². The van der Waals surface area contributed by atoms with Gasteiger partial charge in [0, 0.05) is 24.4 Å². The minimum Gasteiger partial charge on any atom is -0.492 e. The molecule has 0 radical (unpaired) electrons. The molecule has 0 aliphatic heterocycles. The maximum atomic E-state index is 12.1. The first kappa shape index (κ1) is 22.1. The first-order valence-electron chi connectivity index (χ1n) is 10.1. The Labute approximate surface area is 194 Å². The Hall–Kier alpha value is -3.07. The van der Waals surface area contributed by atoms with Crippen LogP contribution in [0.25, 0.3) is 16.2 Å². The first-order valence-corrected chi connectivity index (χ1v) is 11.3. The maximum absolute atomic E-state index is 12.1. The van der Waals surface area contributed by atoms with E-state index in [4.69, 9.17) is 26.8 Å². The molecule has 0 aliphatic carbocycles. The summed E-state index contributed by atoms with van der Waals surface area (Å²) in [6, 6.07) is 13.1. The van der Waals surface area contributed by atoms with E-state index >= 15 is 0 Å². The highest BCUT2D eigenvalue weighted by atomic mass is 35.5. The number of carbonyl (C=O) groups is 1. The number of imidazole rings is 1. The van der Waals surface area contributed by atoms with Gasteiger partial charge in [-0.3, -0.25) is 9.20 Å². The van der Waals surface area contributed by atoms with Crippen LogP contribution in [-0.4, -0.2) is 35.5 Å². The van der Waals surface area contributed by atoms with Crippen molar-refractivity contribution in [3.05, 3.63) is 70.3 Å². The van der Waals surface area contributed by atoms with Gasteiger partial charge in [0.15, 0.2) is 0 Å². The largest absolute Gasteiger partial charge is 0.492 e.